The first-order valence-corrected chi connectivity index (χ1v) is 3.84. The number of carbonyl (C=O) groups excluding carboxylic acids is 1. The van der Waals surface area contributed by atoms with Gasteiger partial charge in [0.15, 0.2) is 0 Å². The Morgan fingerprint density at radius 2 is 2.10 bits per heavy atom. The minimum absolute atomic E-state index is 0.0654. The van der Waals surface area contributed by atoms with Gasteiger partial charge in [0, 0.05) is 0 Å². The quantitative estimate of drug-likeness (QED) is 0.564. The Labute approximate surface area is 62.6 Å². The third kappa shape index (κ3) is 2.85. The zero-order valence-corrected chi connectivity index (χ0v) is 7.02. The van der Waals surface area contributed by atoms with Crippen molar-refractivity contribution in [3.05, 3.63) is 0 Å². The Bertz CT molecular complexity index is 99.4. The summed E-state index contributed by atoms with van der Waals surface area (Å²) in [6.45, 7) is 4.09. The first-order chi connectivity index (χ1) is 4.76. The van der Waals surface area contributed by atoms with E-state index in [0.29, 0.717) is 0 Å². The second-order valence-electron chi connectivity index (χ2n) is 2.42. The Kier molecular flexibility index (Phi) is 4.99. The molecule has 1 atom stereocenters. The van der Waals surface area contributed by atoms with Crippen LogP contribution in [0.4, 0.5) is 0 Å². The summed E-state index contributed by atoms with van der Waals surface area (Å²) in [5, 5.41) is 0. The fraction of sp³-hybridized carbons (Fsp3) is 0.875. The van der Waals surface area contributed by atoms with Crippen molar-refractivity contribution < 1.29 is 9.53 Å². The normalized spacial score (nSPS) is 12.7. The van der Waals surface area contributed by atoms with Crippen LogP contribution in [-0.4, -0.2) is 13.1 Å². The first-order valence-electron chi connectivity index (χ1n) is 3.84. The molecule has 0 spiro atoms. The molecule has 60 valence electrons. The predicted molar refractivity (Wildman–Crippen MR) is 40.7 cm³/mol. The molecule has 2 nitrogen and oxygen atoms in total. The standard InChI is InChI=1S/C8H16O2/c1-4-6-7(5-2)8(9)10-3/h7H,4-6H2,1-3H3. The van der Waals surface area contributed by atoms with Crippen LogP contribution in [-0.2, 0) is 9.53 Å². The van der Waals surface area contributed by atoms with Crippen molar-refractivity contribution in [3.8, 4) is 0 Å². The van der Waals surface area contributed by atoms with E-state index in [9.17, 15) is 4.79 Å². The second-order valence-corrected chi connectivity index (χ2v) is 2.42. The van der Waals surface area contributed by atoms with Crippen molar-refractivity contribution in [1.29, 1.82) is 0 Å². The van der Waals surface area contributed by atoms with Crippen molar-refractivity contribution >= 4 is 5.97 Å². The van der Waals surface area contributed by atoms with Gasteiger partial charge in [-0.25, -0.2) is 0 Å². The van der Waals surface area contributed by atoms with E-state index in [2.05, 4.69) is 11.7 Å². The van der Waals surface area contributed by atoms with Crippen LogP contribution in [0.5, 0.6) is 0 Å². The number of ether oxygens (including phenoxy) is 1. The SMILES string of the molecule is CCCC(CC)C(=O)OC. The van der Waals surface area contributed by atoms with Gasteiger partial charge in [0.25, 0.3) is 0 Å². The minimum Gasteiger partial charge on any atom is -0.469 e. The van der Waals surface area contributed by atoms with Crippen molar-refractivity contribution in [3.63, 3.8) is 0 Å². The Balaban J connectivity index is 3.68. The van der Waals surface area contributed by atoms with Gasteiger partial charge in [0.05, 0.1) is 13.0 Å². The van der Waals surface area contributed by atoms with E-state index in [-0.39, 0.29) is 11.9 Å². The lowest BCUT2D eigenvalue weighted by molar-refractivity contribution is -0.145. The summed E-state index contributed by atoms with van der Waals surface area (Å²) in [7, 11) is 1.45. The van der Waals surface area contributed by atoms with Crippen LogP contribution in [0.1, 0.15) is 33.1 Å². The van der Waals surface area contributed by atoms with Gasteiger partial charge in [-0.2, -0.15) is 0 Å². The lowest BCUT2D eigenvalue weighted by Crippen LogP contribution is -2.14. The highest BCUT2D eigenvalue weighted by Crippen LogP contribution is 2.11. The molecule has 0 aromatic heterocycles. The summed E-state index contributed by atoms with van der Waals surface area (Å²) in [6.07, 6.45) is 2.89. The molecule has 0 aromatic rings. The van der Waals surface area contributed by atoms with Gasteiger partial charge in [0.1, 0.15) is 0 Å². The van der Waals surface area contributed by atoms with Gasteiger partial charge in [-0.05, 0) is 12.8 Å². The summed E-state index contributed by atoms with van der Waals surface area (Å²) in [5.74, 6) is 0.0550. The highest BCUT2D eigenvalue weighted by molar-refractivity contribution is 5.72. The van der Waals surface area contributed by atoms with Crippen molar-refractivity contribution in [2.24, 2.45) is 5.92 Å². The molecule has 2 heteroatoms. The molecule has 0 bridgehead atoms. The van der Waals surface area contributed by atoms with Crippen LogP contribution in [0.2, 0.25) is 0 Å². The van der Waals surface area contributed by atoms with E-state index in [1.165, 1.54) is 7.11 Å². The van der Waals surface area contributed by atoms with Crippen LogP contribution in [0.15, 0.2) is 0 Å². The smallest absolute Gasteiger partial charge is 0.308 e. The summed E-state index contributed by atoms with van der Waals surface area (Å²) in [4.78, 5) is 10.9. The number of hydrogen-bond donors (Lipinski definition) is 0. The van der Waals surface area contributed by atoms with Crippen LogP contribution < -0.4 is 0 Å². The molecule has 0 saturated carbocycles. The molecule has 0 heterocycles. The van der Waals surface area contributed by atoms with E-state index < -0.39 is 0 Å². The molecule has 0 radical (unpaired) electrons. The van der Waals surface area contributed by atoms with Gasteiger partial charge in [-0.3, -0.25) is 4.79 Å². The molecule has 10 heavy (non-hydrogen) atoms. The number of methoxy groups -OCH3 is 1. The van der Waals surface area contributed by atoms with E-state index in [1.807, 2.05) is 6.92 Å². The molecular formula is C8H16O2. The maximum absolute atomic E-state index is 10.9. The third-order valence-electron chi connectivity index (χ3n) is 1.66. The molecular weight excluding hydrogens is 128 g/mol. The molecule has 0 aromatic carbocycles. The van der Waals surface area contributed by atoms with Gasteiger partial charge in [-0.15, -0.1) is 0 Å². The van der Waals surface area contributed by atoms with Crippen molar-refractivity contribution in [2.75, 3.05) is 7.11 Å². The van der Waals surface area contributed by atoms with Crippen LogP contribution in [0.25, 0.3) is 0 Å². The molecule has 1 unspecified atom stereocenters. The lowest BCUT2D eigenvalue weighted by atomic mass is 10.0. The molecule has 0 aliphatic rings. The largest absolute Gasteiger partial charge is 0.469 e. The molecule has 0 aliphatic heterocycles. The fourth-order valence-corrected chi connectivity index (χ4v) is 1.00. The van der Waals surface area contributed by atoms with Crippen LogP contribution in [0.3, 0.4) is 0 Å². The zero-order chi connectivity index (χ0) is 7.98. The monoisotopic (exact) mass is 144 g/mol. The maximum Gasteiger partial charge on any atom is 0.308 e. The zero-order valence-electron chi connectivity index (χ0n) is 7.02. The number of esters is 1. The lowest BCUT2D eigenvalue weighted by Gasteiger charge is -2.09. The fourth-order valence-electron chi connectivity index (χ4n) is 1.00. The predicted octanol–water partition coefficient (Wildman–Crippen LogP) is 1.99. The maximum atomic E-state index is 10.9. The van der Waals surface area contributed by atoms with Gasteiger partial charge < -0.3 is 4.74 Å². The third-order valence-corrected chi connectivity index (χ3v) is 1.66. The summed E-state index contributed by atoms with van der Waals surface area (Å²) in [5.41, 5.74) is 0. The second kappa shape index (κ2) is 5.27. The van der Waals surface area contributed by atoms with Crippen molar-refractivity contribution in [1.82, 2.24) is 0 Å². The topological polar surface area (TPSA) is 26.3 Å². The highest BCUT2D eigenvalue weighted by atomic mass is 16.5. The van der Waals surface area contributed by atoms with E-state index in [0.717, 1.165) is 19.3 Å². The summed E-state index contributed by atoms with van der Waals surface area (Å²) >= 11 is 0. The van der Waals surface area contributed by atoms with E-state index >= 15 is 0 Å². The van der Waals surface area contributed by atoms with Crippen LogP contribution in [0, 0.1) is 5.92 Å². The first kappa shape index (κ1) is 9.47. The number of hydrogen-bond acceptors (Lipinski definition) is 2. The molecule has 0 amide bonds. The highest BCUT2D eigenvalue weighted by Gasteiger charge is 2.14. The Morgan fingerprint density at radius 1 is 1.50 bits per heavy atom. The Morgan fingerprint density at radius 3 is 2.40 bits per heavy atom. The van der Waals surface area contributed by atoms with Crippen LogP contribution >= 0.6 is 0 Å². The molecule has 0 aliphatic carbocycles. The molecule has 0 saturated heterocycles. The average molecular weight is 144 g/mol. The van der Waals surface area contributed by atoms with Gasteiger partial charge >= 0.3 is 5.97 Å². The minimum atomic E-state index is -0.0654. The van der Waals surface area contributed by atoms with Gasteiger partial charge in [0.2, 0.25) is 0 Å². The average Bonchev–Trinajstić information content (AvgIpc) is 1.99. The van der Waals surface area contributed by atoms with E-state index in [4.69, 9.17) is 0 Å². The molecule has 0 rings (SSSR count). The summed E-state index contributed by atoms with van der Waals surface area (Å²) < 4.78 is 4.62. The molecule has 0 N–H and O–H groups in total. The van der Waals surface area contributed by atoms with E-state index in [1.54, 1.807) is 0 Å². The number of carbonyl (C=O) groups is 1. The van der Waals surface area contributed by atoms with Crippen molar-refractivity contribution in [2.45, 2.75) is 33.1 Å². The van der Waals surface area contributed by atoms with Gasteiger partial charge in [-0.1, -0.05) is 20.3 Å². The summed E-state index contributed by atoms with van der Waals surface area (Å²) in [6, 6.07) is 0. The molecule has 0 fully saturated rings. The number of rotatable bonds is 4. The Hall–Kier alpha value is -0.530.